The lowest BCUT2D eigenvalue weighted by molar-refractivity contribution is 0.570. The lowest BCUT2D eigenvalue weighted by atomic mass is 10.3. The molecule has 0 aliphatic heterocycles. The standard InChI is InChI=1S/C15H14FN3O2S/c1-10-17-13-9-11(7-8-14(13)19(10)2)18-22(20,21)15-6-4-3-5-12(15)16/h3-9,18H,1-2H3. The minimum Gasteiger partial charge on any atom is -0.331 e. The molecule has 0 unspecified atom stereocenters. The molecule has 0 saturated carbocycles. The fourth-order valence-corrected chi connectivity index (χ4v) is 3.39. The summed E-state index contributed by atoms with van der Waals surface area (Å²) in [6.45, 7) is 1.86. The number of hydrogen-bond acceptors (Lipinski definition) is 3. The molecule has 7 heteroatoms. The van der Waals surface area contributed by atoms with Crippen molar-refractivity contribution < 1.29 is 12.8 Å². The number of rotatable bonds is 3. The molecule has 0 spiro atoms. The van der Waals surface area contributed by atoms with Gasteiger partial charge < -0.3 is 4.57 Å². The summed E-state index contributed by atoms with van der Waals surface area (Å²) in [7, 11) is -2.09. The average Bonchev–Trinajstić information content (AvgIpc) is 2.73. The van der Waals surface area contributed by atoms with Gasteiger partial charge in [0.15, 0.2) is 0 Å². The minimum atomic E-state index is -3.98. The first kappa shape index (κ1) is 14.5. The summed E-state index contributed by atoms with van der Waals surface area (Å²) >= 11 is 0. The number of nitrogens with zero attached hydrogens (tertiary/aromatic N) is 2. The highest BCUT2D eigenvalue weighted by Gasteiger charge is 2.19. The van der Waals surface area contributed by atoms with E-state index in [4.69, 9.17) is 0 Å². The smallest absolute Gasteiger partial charge is 0.264 e. The quantitative estimate of drug-likeness (QED) is 0.807. The van der Waals surface area contributed by atoms with Crippen molar-refractivity contribution in [1.29, 1.82) is 0 Å². The van der Waals surface area contributed by atoms with Crippen LogP contribution >= 0.6 is 0 Å². The Bertz CT molecular complexity index is 964. The lowest BCUT2D eigenvalue weighted by Crippen LogP contribution is -2.14. The molecular formula is C15H14FN3O2S. The summed E-state index contributed by atoms with van der Waals surface area (Å²) in [5, 5.41) is 0. The SMILES string of the molecule is Cc1nc2cc(NS(=O)(=O)c3ccccc3F)ccc2n1C. The van der Waals surface area contributed by atoms with Crippen LogP contribution in [0, 0.1) is 12.7 Å². The van der Waals surface area contributed by atoms with E-state index in [1.54, 1.807) is 18.2 Å². The van der Waals surface area contributed by atoms with Crippen molar-refractivity contribution in [2.24, 2.45) is 7.05 Å². The fourth-order valence-electron chi connectivity index (χ4n) is 2.26. The number of aromatic nitrogens is 2. The summed E-state index contributed by atoms with van der Waals surface area (Å²) in [6, 6.07) is 10.3. The molecule has 0 aliphatic rings. The zero-order valence-electron chi connectivity index (χ0n) is 12.0. The van der Waals surface area contributed by atoms with Crippen molar-refractivity contribution in [2.45, 2.75) is 11.8 Å². The van der Waals surface area contributed by atoms with Gasteiger partial charge in [0.1, 0.15) is 16.5 Å². The van der Waals surface area contributed by atoms with Gasteiger partial charge in [0.05, 0.1) is 16.7 Å². The van der Waals surface area contributed by atoms with E-state index in [1.165, 1.54) is 18.2 Å². The number of anilines is 1. The van der Waals surface area contributed by atoms with Gasteiger partial charge in [-0.15, -0.1) is 0 Å². The zero-order valence-corrected chi connectivity index (χ0v) is 12.9. The summed E-state index contributed by atoms with van der Waals surface area (Å²) < 4.78 is 42.5. The van der Waals surface area contributed by atoms with Gasteiger partial charge in [-0.1, -0.05) is 12.1 Å². The average molecular weight is 319 g/mol. The van der Waals surface area contributed by atoms with Crippen LogP contribution in [0.5, 0.6) is 0 Å². The first-order valence-corrected chi connectivity index (χ1v) is 8.07. The summed E-state index contributed by atoms with van der Waals surface area (Å²) in [4.78, 5) is 3.97. The Morgan fingerprint density at radius 3 is 2.64 bits per heavy atom. The van der Waals surface area contributed by atoms with E-state index >= 15 is 0 Å². The molecule has 1 aromatic heterocycles. The van der Waals surface area contributed by atoms with Crippen LogP contribution in [0.3, 0.4) is 0 Å². The predicted molar refractivity (Wildman–Crippen MR) is 82.7 cm³/mol. The molecule has 0 atom stereocenters. The van der Waals surface area contributed by atoms with Crippen LogP contribution < -0.4 is 4.72 Å². The van der Waals surface area contributed by atoms with Gasteiger partial charge in [-0.3, -0.25) is 4.72 Å². The van der Waals surface area contributed by atoms with Crippen molar-refractivity contribution in [2.75, 3.05) is 4.72 Å². The number of benzene rings is 2. The number of nitrogens with one attached hydrogen (secondary N) is 1. The Balaban J connectivity index is 2.01. The Hall–Kier alpha value is -2.41. The molecule has 1 N–H and O–H groups in total. The molecule has 114 valence electrons. The van der Waals surface area contributed by atoms with Crippen molar-refractivity contribution >= 4 is 26.7 Å². The molecule has 0 saturated heterocycles. The Morgan fingerprint density at radius 2 is 1.91 bits per heavy atom. The molecule has 0 radical (unpaired) electrons. The van der Waals surface area contributed by atoms with Crippen LogP contribution in [0.4, 0.5) is 10.1 Å². The van der Waals surface area contributed by atoms with E-state index in [0.29, 0.717) is 11.2 Å². The van der Waals surface area contributed by atoms with Gasteiger partial charge in [-0.05, 0) is 37.3 Å². The topological polar surface area (TPSA) is 64.0 Å². The third-order valence-electron chi connectivity index (χ3n) is 3.48. The first-order valence-electron chi connectivity index (χ1n) is 6.59. The summed E-state index contributed by atoms with van der Waals surface area (Å²) in [6.07, 6.45) is 0. The Morgan fingerprint density at radius 1 is 1.18 bits per heavy atom. The normalized spacial score (nSPS) is 11.8. The predicted octanol–water partition coefficient (Wildman–Crippen LogP) is 2.82. The van der Waals surface area contributed by atoms with Crippen molar-refractivity contribution in [3.8, 4) is 0 Å². The van der Waals surface area contributed by atoms with Gasteiger partial charge in [-0.2, -0.15) is 0 Å². The monoisotopic (exact) mass is 319 g/mol. The molecule has 0 fully saturated rings. The van der Waals surface area contributed by atoms with E-state index in [-0.39, 0.29) is 4.90 Å². The molecular weight excluding hydrogens is 305 g/mol. The zero-order chi connectivity index (χ0) is 15.9. The molecule has 5 nitrogen and oxygen atoms in total. The van der Waals surface area contributed by atoms with Gasteiger partial charge in [0.25, 0.3) is 10.0 Å². The fraction of sp³-hybridized carbons (Fsp3) is 0.133. The molecule has 0 aliphatic carbocycles. The maximum absolute atomic E-state index is 13.7. The van der Waals surface area contributed by atoms with Crippen molar-refractivity contribution in [3.63, 3.8) is 0 Å². The molecule has 0 amide bonds. The molecule has 3 aromatic rings. The molecule has 1 heterocycles. The lowest BCUT2D eigenvalue weighted by Gasteiger charge is -2.08. The number of aryl methyl sites for hydroxylation is 2. The molecule has 22 heavy (non-hydrogen) atoms. The van der Waals surface area contributed by atoms with E-state index < -0.39 is 15.8 Å². The van der Waals surface area contributed by atoms with Gasteiger partial charge in [0, 0.05) is 7.05 Å². The second-order valence-corrected chi connectivity index (χ2v) is 6.61. The van der Waals surface area contributed by atoms with E-state index in [9.17, 15) is 12.8 Å². The van der Waals surface area contributed by atoms with Crippen LogP contribution in [0.15, 0.2) is 47.4 Å². The van der Waals surface area contributed by atoms with E-state index in [2.05, 4.69) is 9.71 Å². The number of imidazole rings is 1. The summed E-state index contributed by atoms with van der Waals surface area (Å²) in [5.74, 6) is 0.0360. The Labute approximate surface area is 127 Å². The number of sulfonamides is 1. The van der Waals surface area contributed by atoms with E-state index in [1.807, 2.05) is 18.5 Å². The van der Waals surface area contributed by atoms with Gasteiger partial charge in [0.2, 0.25) is 0 Å². The largest absolute Gasteiger partial charge is 0.331 e. The Kier molecular flexibility index (Phi) is 3.37. The summed E-state index contributed by atoms with van der Waals surface area (Å²) in [5.41, 5.74) is 1.91. The number of fused-ring (bicyclic) bond motifs is 1. The molecule has 0 bridgehead atoms. The highest BCUT2D eigenvalue weighted by atomic mass is 32.2. The van der Waals surface area contributed by atoms with Crippen LogP contribution in [0.25, 0.3) is 11.0 Å². The van der Waals surface area contributed by atoms with Gasteiger partial charge >= 0.3 is 0 Å². The minimum absolute atomic E-state index is 0.342. The van der Waals surface area contributed by atoms with Crippen molar-refractivity contribution in [3.05, 3.63) is 54.1 Å². The van der Waals surface area contributed by atoms with Crippen LogP contribution in [-0.2, 0) is 17.1 Å². The van der Waals surface area contributed by atoms with Crippen molar-refractivity contribution in [1.82, 2.24) is 9.55 Å². The number of halogens is 1. The highest BCUT2D eigenvalue weighted by Crippen LogP contribution is 2.22. The number of hydrogen-bond donors (Lipinski definition) is 1. The third kappa shape index (κ3) is 2.43. The van der Waals surface area contributed by atoms with Crippen LogP contribution in [0.1, 0.15) is 5.82 Å². The van der Waals surface area contributed by atoms with Crippen LogP contribution in [-0.4, -0.2) is 18.0 Å². The first-order chi connectivity index (χ1) is 10.4. The maximum atomic E-state index is 13.7. The van der Waals surface area contributed by atoms with E-state index in [0.717, 1.165) is 17.4 Å². The third-order valence-corrected chi connectivity index (χ3v) is 4.90. The molecule has 3 rings (SSSR count). The second kappa shape index (κ2) is 5.10. The molecule has 2 aromatic carbocycles. The highest BCUT2D eigenvalue weighted by molar-refractivity contribution is 7.92. The second-order valence-electron chi connectivity index (χ2n) is 4.96. The van der Waals surface area contributed by atoms with Crippen LogP contribution in [0.2, 0.25) is 0 Å². The van der Waals surface area contributed by atoms with Gasteiger partial charge in [-0.25, -0.2) is 17.8 Å². The maximum Gasteiger partial charge on any atom is 0.264 e.